The number of unbranched alkanes of at least 4 members (excludes halogenated alkanes) is 1. The molecule has 0 fully saturated rings. The van der Waals surface area contributed by atoms with E-state index in [0.29, 0.717) is 19.4 Å². The Kier molecular flexibility index (Phi) is 8.35. The molecule has 2 amide bonds. The number of carbonyl (C=O) groups excluding carboxylic acids is 2. The fourth-order valence-corrected chi connectivity index (χ4v) is 3.99. The molecule has 29 heavy (non-hydrogen) atoms. The largest absolute Gasteiger partial charge is 0.366 e. The van der Waals surface area contributed by atoms with Crippen LogP contribution in [0, 0.1) is 0 Å². The van der Waals surface area contributed by atoms with Crippen molar-refractivity contribution in [3.05, 3.63) is 65.7 Å². The minimum atomic E-state index is -3.94. The highest BCUT2D eigenvalue weighted by atomic mass is 32.2. The maximum absolute atomic E-state index is 12.8. The first-order valence-corrected chi connectivity index (χ1v) is 11.1. The maximum Gasteiger partial charge on any atom is 0.248 e. The lowest BCUT2D eigenvalue weighted by molar-refractivity contribution is -0.122. The van der Waals surface area contributed by atoms with E-state index in [0.717, 1.165) is 18.4 Å². The lowest BCUT2D eigenvalue weighted by Gasteiger charge is -2.19. The molecule has 2 rings (SSSR count). The summed E-state index contributed by atoms with van der Waals surface area (Å²) < 4.78 is 28.0. The first kappa shape index (κ1) is 22.6. The quantitative estimate of drug-likeness (QED) is 0.484. The number of sulfonamides is 1. The molecule has 7 nitrogen and oxygen atoms in total. The topological polar surface area (TPSA) is 118 Å². The number of rotatable bonds is 11. The van der Waals surface area contributed by atoms with Gasteiger partial charge in [0.25, 0.3) is 0 Å². The summed E-state index contributed by atoms with van der Waals surface area (Å²) in [6.07, 6.45) is 2.61. The van der Waals surface area contributed by atoms with Gasteiger partial charge < -0.3 is 11.1 Å². The molecule has 156 valence electrons. The van der Waals surface area contributed by atoms with E-state index in [1.807, 2.05) is 37.3 Å². The van der Waals surface area contributed by atoms with Crippen LogP contribution in [0.5, 0.6) is 0 Å². The van der Waals surface area contributed by atoms with Crippen molar-refractivity contribution in [1.29, 1.82) is 0 Å². The van der Waals surface area contributed by atoms with E-state index >= 15 is 0 Å². The zero-order chi connectivity index (χ0) is 21.3. The molecule has 8 heteroatoms. The van der Waals surface area contributed by atoms with Crippen LogP contribution in [0.15, 0.2) is 59.5 Å². The van der Waals surface area contributed by atoms with Gasteiger partial charge in [0.1, 0.15) is 6.04 Å². The second-order valence-electron chi connectivity index (χ2n) is 6.73. The first-order valence-electron chi connectivity index (χ1n) is 9.57. The van der Waals surface area contributed by atoms with E-state index in [1.165, 1.54) is 24.3 Å². The summed E-state index contributed by atoms with van der Waals surface area (Å²) >= 11 is 0. The van der Waals surface area contributed by atoms with Gasteiger partial charge in [-0.15, -0.1) is 0 Å². The monoisotopic (exact) mass is 417 g/mol. The van der Waals surface area contributed by atoms with Crippen molar-refractivity contribution >= 4 is 21.8 Å². The van der Waals surface area contributed by atoms with Gasteiger partial charge in [-0.3, -0.25) is 9.59 Å². The molecule has 4 N–H and O–H groups in total. The van der Waals surface area contributed by atoms with E-state index in [9.17, 15) is 18.0 Å². The van der Waals surface area contributed by atoms with Crippen LogP contribution in [0.3, 0.4) is 0 Å². The summed E-state index contributed by atoms with van der Waals surface area (Å²) in [6.45, 7) is 2.50. The molecule has 0 spiro atoms. The van der Waals surface area contributed by atoms with Crippen molar-refractivity contribution in [3.63, 3.8) is 0 Å². The van der Waals surface area contributed by atoms with Gasteiger partial charge in [-0.05, 0) is 49.1 Å². The smallest absolute Gasteiger partial charge is 0.248 e. The Bertz CT molecular complexity index is 913. The molecule has 0 bridgehead atoms. The Morgan fingerprint density at radius 3 is 2.28 bits per heavy atom. The van der Waals surface area contributed by atoms with Gasteiger partial charge in [0.15, 0.2) is 0 Å². The Morgan fingerprint density at radius 1 is 1.03 bits per heavy atom. The van der Waals surface area contributed by atoms with Crippen LogP contribution in [-0.4, -0.2) is 32.8 Å². The highest BCUT2D eigenvalue weighted by Crippen LogP contribution is 2.13. The van der Waals surface area contributed by atoms with Crippen LogP contribution in [0.2, 0.25) is 0 Å². The Morgan fingerprint density at radius 2 is 1.69 bits per heavy atom. The third-order valence-electron chi connectivity index (χ3n) is 4.46. The van der Waals surface area contributed by atoms with Gasteiger partial charge in [0, 0.05) is 12.1 Å². The van der Waals surface area contributed by atoms with Crippen LogP contribution >= 0.6 is 0 Å². The van der Waals surface area contributed by atoms with Crippen LogP contribution in [0.25, 0.3) is 0 Å². The number of nitrogens with one attached hydrogen (secondary N) is 2. The number of nitrogens with two attached hydrogens (primary N) is 1. The molecule has 0 aliphatic carbocycles. The Labute approximate surface area is 171 Å². The molecule has 0 heterocycles. The van der Waals surface area contributed by atoms with Crippen molar-refractivity contribution in [2.45, 2.75) is 43.5 Å². The summed E-state index contributed by atoms with van der Waals surface area (Å²) in [5, 5.41) is 2.79. The maximum atomic E-state index is 12.8. The minimum absolute atomic E-state index is 0.0337. The first-order chi connectivity index (χ1) is 13.8. The number of aryl methyl sites for hydroxylation is 1. The van der Waals surface area contributed by atoms with Crippen molar-refractivity contribution in [2.75, 3.05) is 6.54 Å². The number of benzene rings is 2. The minimum Gasteiger partial charge on any atom is -0.366 e. The van der Waals surface area contributed by atoms with Crippen molar-refractivity contribution in [3.8, 4) is 0 Å². The number of carbonyl (C=O) groups is 2. The van der Waals surface area contributed by atoms with Crippen molar-refractivity contribution in [2.24, 2.45) is 5.73 Å². The Balaban J connectivity index is 2.15. The highest BCUT2D eigenvalue weighted by molar-refractivity contribution is 7.89. The molecule has 0 saturated carbocycles. The van der Waals surface area contributed by atoms with Crippen LogP contribution in [0.1, 0.15) is 42.1 Å². The fraction of sp³-hybridized carbons (Fsp3) is 0.333. The van der Waals surface area contributed by atoms with Crippen LogP contribution in [0.4, 0.5) is 0 Å². The van der Waals surface area contributed by atoms with Gasteiger partial charge in [0.05, 0.1) is 4.90 Å². The predicted octanol–water partition coefficient (Wildman–Crippen LogP) is 1.98. The van der Waals surface area contributed by atoms with Crippen LogP contribution in [-0.2, 0) is 21.2 Å². The van der Waals surface area contributed by atoms with Gasteiger partial charge in [-0.25, -0.2) is 8.42 Å². The summed E-state index contributed by atoms with van der Waals surface area (Å²) in [7, 11) is -3.94. The normalized spacial score (nSPS) is 12.3. The lowest BCUT2D eigenvalue weighted by Crippen LogP contribution is -2.47. The molecule has 2 aromatic rings. The second-order valence-corrected chi connectivity index (χ2v) is 8.45. The number of primary amides is 1. The fourth-order valence-electron chi connectivity index (χ4n) is 2.76. The second kappa shape index (κ2) is 10.7. The van der Waals surface area contributed by atoms with Gasteiger partial charge >= 0.3 is 0 Å². The lowest BCUT2D eigenvalue weighted by atomic mass is 10.1. The van der Waals surface area contributed by atoms with E-state index in [-0.39, 0.29) is 16.4 Å². The summed E-state index contributed by atoms with van der Waals surface area (Å²) in [4.78, 5) is 23.7. The average Bonchev–Trinajstić information content (AvgIpc) is 2.72. The zero-order valence-corrected chi connectivity index (χ0v) is 17.2. The molecule has 1 unspecified atom stereocenters. The predicted molar refractivity (Wildman–Crippen MR) is 112 cm³/mol. The number of amides is 2. The molecule has 0 radical (unpaired) electrons. The molecular formula is C21H27N3O4S. The average molecular weight is 418 g/mol. The van der Waals surface area contributed by atoms with Gasteiger partial charge in [0.2, 0.25) is 21.8 Å². The molecule has 2 aromatic carbocycles. The summed E-state index contributed by atoms with van der Waals surface area (Å²) in [5.74, 6) is -0.996. The molecule has 1 atom stereocenters. The van der Waals surface area contributed by atoms with E-state index in [4.69, 9.17) is 5.73 Å². The SMILES string of the molecule is CCCCNC(=O)C(CCc1ccccc1)NS(=O)(=O)c1ccc(C(N)=O)cc1. The zero-order valence-electron chi connectivity index (χ0n) is 16.4. The molecule has 0 aliphatic rings. The highest BCUT2D eigenvalue weighted by Gasteiger charge is 2.25. The van der Waals surface area contributed by atoms with Crippen molar-refractivity contribution < 1.29 is 18.0 Å². The number of hydrogen-bond donors (Lipinski definition) is 3. The molecule has 0 aliphatic heterocycles. The number of hydrogen-bond acceptors (Lipinski definition) is 4. The van der Waals surface area contributed by atoms with Crippen LogP contribution < -0.4 is 15.8 Å². The van der Waals surface area contributed by atoms with E-state index in [1.54, 1.807) is 0 Å². The van der Waals surface area contributed by atoms with Gasteiger partial charge in [-0.2, -0.15) is 4.72 Å². The molecular weight excluding hydrogens is 390 g/mol. The third-order valence-corrected chi connectivity index (χ3v) is 5.94. The summed E-state index contributed by atoms with van der Waals surface area (Å²) in [5.41, 5.74) is 6.42. The van der Waals surface area contributed by atoms with E-state index < -0.39 is 22.0 Å². The molecule has 0 aromatic heterocycles. The van der Waals surface area contributed by atoms with Crippen molar-refractivity contribution in [1.82, 2.24) is 10.0 Å². The van der Waals surface area contributed by atoms with Gasteiger partial charge in [-0.1, -0.05) is 43.7 Å². The molecule has 0 saturated heterocycles. The standard InChI is InChI=1S/C21H27N3O4S/c1-2-3-15-23-21(26)19(14-9-16-7-5-4-6-8-16)24-29(27,28)18-12-10-17(11-13-18)20(22)25/h4-8,10-13,19,24H,2-3,9,14-15H2,1H3,(H2,22,25)(H,23,26). The summed E-state index contributed by atoms with van der Waals surface area (Å²) in [6, 6.07) is 13.9. The Hall–Kier alpha value is -2.71. The van der Waals surface area contributed by atoms with E-state index in [2.05, 4.69) is 10.0 Å². The third kappa shape index (κ3) is 6.99.